The fourth-order valence-corrected chi connectivity index (χ4v) is 1.05. The first-order chi connectivity index (χ1) is 5.24. The van der Waals surface area contributed by atoms with Crippen LogP contribution in [0.4, 0.5) is 0 Å². The van der Waals surface area contributed by atoms with E-state index in [1.54, 1.807) is 18.3 Å². The van der Waals surface area contributed by atoms with Crippen molar-refractivity contribution in [3.05, 3.63) is 30.1 Å². The number of hydrogen-bond donors (Lipinski definition) is 1. The lowest BCUT2D eigenvalue weighted by Crippen LogP contribution is -2.31. The molecule has 0 saturated heterocycles. The molecular weight excluding hydrogens is 208 g/mol. The second-order valence-electron chi connectivity index (χ2n) is 2.09. The summed E-state index contributed by atoms with van der Waals surface area (Å²) in [4.78, 5) is 10.7. The van der Waals surface area contributed by atoms with E-state index in [4.69, 9.17) is 5.73 Å². The zero-order chi connectivity index (χ0) is 8.27. The van der Waals surface area contributed by atoms with Crippen molar-refractivity contribution in [3.8, 4) is 0 Å². The molecule has 0 fully saturated rings. The van der Waals surface area contributed by atoms with Gasteiger partial charge in [0.25, 0.3) is 5.91 Å². The highest BCUT2D eigenvalue weighted by atomic mass is 79.9. The number of rotatable bonds is 2. The van der Waals surface area contributed by atoms with Crippen LogP contribution in [0.1, 0.15) is 10.4 Å². The maximum absolute atomic E-state index is 10.7. The summed E-state index contributed by atoms with van der Waals surface area (Å²) in [7, 11) is 0. The summed E-state index contributed by atoms with van der Waals surface area (Å²) >= 11 is 3.25. The highest BCUT2D eigenvalue weighted by Crippen LogP contribution is 1.92. The first kappa shape index (κ1) is 8.20. The lowest BCUT2D eigenvalue weighted by Gasteiger charge is -1.92. The van der Waals surface area contributed by atoms with Gasteiger partial charge in [-0.25, -0.2) is 0 Å². The van der Waals surface area contributed by atoms with E-state index in [1.807, 2.05) is 10.8 Å². The molecule has 11 heavy (non-hydrogen) atoms. The molecule has 0 unspecified atom stereocenters. The first-order valence-electron chi connectivity index (χ1n) is 3.09. The van der Waals surface area contributed by atoms with Crippen LogP contribution in [0.2, 0.25) is 0 Å². The van der Waals surface area contributed by atoms with Gasteiger partial charge in [0, 0.05) is 6.07 Å². The van der Waals surface area contributed by atoms with Gasteiger partial charge in [-0.05, 0) is 22.0 Å². The van der Waals surface area contributed by atoms with E-state index in [2.05, 4.69) is 15.9 Å². The van der Waals surface area contributed by atoms with Crippen molar-refractivity contribution in [3.63, 3.8) is 0 Å². The Kier molecular flexibility index (Phi) is 2.59. The second kappa shape index (κ2) is 3.48. The van der Waals surface area contributed by atoms with Crippen LogP contribution in [-0.2, 0) is 5.45 Å². The summed E-state index contributed by atoms with van der Waals surface area (Å²) in [6.07, 6.45) is 3.54. The van der Waals surface area contributed by atoms with Crippen LogP contribution in [0, 0.1) is 0 Å². The maximum Gasteiger partial charge on any atom is 0.254 e. The summed E-state index contributed by atoms with van der Waals surface area (Å²) < 4.78 is 1.82. The number of primary amides is 1. The zero-order valence-corrected chi connectivity index (χ0v) is 7.41. The highest BCUT2D eigenvalue weighted by Gasteiger charge is 2.04. The molecule has 4 heteroatoms. The molecule has 0 aromatic carbocycles. The number of nitrogens with two attached hydrogens (primary N) is 1. The Bertz CT molecular complexity index is 275. The number of aromatic nitrogens is 1. The molecule has 2 N–H and O–H groups in total. The topological polar surface area (TPSA) is 47.0 Å². The lowest BCUT2D eigenvalue weighted by atomic mass is 10.3. The number of alkyl halides is 1. The van der Waals surface area contributed by atoms with Gasteiger partial charge in [-0.1, -0.05) is 0 Å². The summed E-state index contributed by atoms with van der Waals surface area (Å²) in [6.45, 7) is 0. The summed E-state index contributed by atoms with van der Waals surface area (Å²) in [6, 6.07) is 3.46. The Hall–Kier alpha value is -0.900. The van der Waals surface area contributed by atoms with Gasteiger partial charge in [-0.15, -0.1) is 0 Å². The van der Waals surface area contributed by atoms with Crippen LogP contribution in [0.5, 0.6) is 0 Å². The van der Waals surface area contributed by atoms with Gasteiger partial charge >= 0.3 is 0 Å². The fraction of sp³-hybridized carbons (Fsp3) is 0.143. The standard InChI is InChI=1S/C7H7BrN2O/c8-5-10-3-1-2-6(4-10)7(9)11/h1-4H,5H2,(H-,9,11)/p+1. The van der Waals surface area contributed by atoms with Crippen LogP contribution in [0.3, 0.4) is 0 Å². The zero-order valence-electron chi connectivity index (χ0n) is 5.83. The molecule has 0 aliphatic rings. The van der Waals surface area contributed by atoms with E-state index in [-0.39, 0.29) is 0 Å². The lowest BCUT2D eigenvalue weighted by molar-refractivity contribution is -0.674. The van der Waals surface area contributed by atoms with Gasteiger partial charge in [0.1, 0.15) is 5.56 Å². The average Bonchev–Trinajstić information content (AvgIpc) is 2.05. The van der Waals surface area contributed by atoms with E-state index < -0.39 is 5.91 Å². The minimum absolute atomic E-state index is 0.402. The third-order valence-corrected chi connectivity index (χ3v) is 1.86. The predicted molar refractivity (Wildman–Crippen MR) is 44.1 cm³/mol. The molecule has 0 saturated carbocycles. The molecule has 1 amide bonds. The van der Waals surface area contributed by atoms with Crippen molar-refractivity contribution in [2.45, 2.75) is 5.45 Å². The maximum atomic E-state index is 10.7. The Morgan fingerprint density at radius 2 is 2.45 bits per heavy atom. The molecule has 0 atom stereocenters. The molecule has 1 aromatic heterocycles. The van der Waals surface area contributed by atoms with Crippen molar-refractivity contribution in [2.24, 2.45) is 5.73 Å². The molecule has 0 radical (unpaired) electrons. The van der Waals surface area contributed by atoms with Gasteiger partial charge in [0.15, 0.2) is 12.4 Å². The minimum atomic E-state index is -0.402. The Morgan fingerprint density at radius 3 is 3.00 bits per heavy atom. The van der Waals surface area contributed by atoms with Crippen molar-refractivity contribution in [1.29, 1.82) is 0 Å². The van der Waals surface area contributed by atoms with E-state index >= 15 is 0 Å². The van der Waals surface area contributed by atoms with Gasteiger partial charge in [-0.3, -0.25) is 4.79 Å². The first-order valence-corrected chi connectivity index (χ1v) is 4.21. The molecule has 0 bridgehead atoms. The summed E-state index contributed by atoms with van der Waals surface area (Å²) in [5.74, 6) is -0.402. The molecule has 58 valence electrons. The van der Waals surface area contributed by atoms with Crippen LogP contribution >= 0.6 is 15.9 Å². The number of nitrogens with zero attached hydrogens (tertiary/aromatic N) is 1. The van der Waals surface area contributed by atoms with E-state index in [1.165, 1.54) is 0 Å². The second-order valence-corrected chi connectivity index (χ2v) is 2.59. The van der Waals surface area contributed by atoms with Gasteiger partial charge < -0.3 is 5.73 Å². The number of amides is 1. The number of halogens is 1. The molecule has 3 nitrogen and oxygen atoms in total. The number of carbonyl (C=O) groups excluding carboxylic acids is 1. The molecular formula is C7H8BrN2O+. The van der Waals surface area contributed by atoms with E-state index in [0.717, 1.165) is 0 Å². The SMILES string of the molecule is NC(=O)c1ccc[n+](CBr)c1. The van der Waals surface area contributed by atoms with Crippen molar-refractivity contribution >= 4 is 21.8 Å². The molecule has 1 rings (SSSR count). The molecule has 1 heterocycles. The smallest absolute Gasteiger partial charge is 0.254 e. The largest absolute Gasteiger partial charge is 0.365 e. The van der Waals surface area contributed by atoms with Crippen molar-refractivity contribution in [2.75, 3.05) is 0 Å². The molecule has 0 spiro atoms. The minimum Gasteiger partial charge on any atom is -0.365 e. The monoisotopic (exact) mass is 215 g/mol. The predicted octanol–water partition coefficient (Wildman–Crippen LogP) is 0.425. The van der Waals surface area contributed by atoms with Crippen molar-refractivity contribution < 1.29 is 9.36 Å². The third kappa shape index (κ3) is 2.01. The van der Waals surface area contributed by atoms with Crippen LogP contribution < -0.4 is 10.3 Å². The van der Waals surface area contributed by atoms with E-state index in [0.29, 0.717) is 11.0 Å². The van der Waals surface area contributed by atoms with Crippen LogP contribution in [0.25, 0.3) is 0 Å². The van der Waals surface area contributed by atoms with E-state index in [9.17, 15) is 4.79 Å². The Balaban J connectivity index is 3.01. The average molecular weight is 216 g/mol. The van der Waals surface area contributed by atoms with Crippen LogP contribution in [0.15, 0.2) is 24.5 Å². The van der Waals surface area contributed by atoms with Gasteiger partial charge in [0.05, 0.1) is 0 Å². The van der Waals surface area contributed by atoms with Crippen molar-refractivity contribution in [1.82, 2.24) is 0 Å². The van der Waals surface area contributed by atoms with Gasteiger partial charge in [0.2, 0.25) is 5.45 Å². The number of hydrogen-bond acceptors (Lipinski definition) is 1. The quantitative estimate of drug-likeness (QED) is 0.565. The normalized spacial score (nSPS) is 9.55. The number of pyridine rings is 1. The summed E-state index contributed by atoms with van der Waals surface area (Å²) in [5.41, 5.74) is 6.25. The third-order valence-electron chi connectivity index (χ3n) is 1.28. The highest BCUT2D eigenvalue weighted by molar-refractivity contribution is 9.08. The molecule has 0 aliphatic carbocycles. The molecule has 0 aliphatic heterocycles. The molecule has 1 aromatic rings. The fourth-order valence-electron chi connectivity index (χ4n) is 0.742. The van der Waals surface area contributed by atoms with Crippen LogP contribution in [-0.4, -0.2) is 5.91 Å². The Labute approximate surface area is 73.0 Å². The summed E-state index contributed by atoms with van der Waals surface area (Å²) in [5, 5.41) is 0. The number of carbonyl (C=O) groups is 1. The van der Waals surface area contributed by atoms with Gasteiger partial charge in [-0.2, -0.15) is 4.57 Å². The Morgan fingerprint density at radius 1 is 1.73 bits per heavy atom.